The molecule has 0 aliphatic rings. The number of hydrogen-bond donors (Lipinski definition) is 1. The number of hydrogen-bond acceptors (Lipinski definition) is 4. The van der Waals surface area contributed by atoms with E-state index >= 15 is 0 Å². The van der Waals surface area contributed by atoms with Crippen LogP contribution in [0.15, 0.2) is 24.9 Å². The number of anilines is 1. The van der Waals surface area contributed by atoms with Crippen LogP contribution in [0.5, 0.6) is 0 Å². The third-order valence-corrected chi connectivity index (χ3v) is 3.85. The number of thiophene rings is 1. The molecule has 0 bridgehead atoms. The molecular formula is C7H4Br2N2OS. The van der Waals surface area contributed by atoms with Crippen molar-refractivity contribution in [3.8, 4) is 10.6 Å². The van der Waals surface area contributed by atoms with Crippen molar-refractivity contribution < 1.29 is 4.52 Å². The summed E-state index contributed by atoms with van der Waals surface area (Å²) in [5.41, 5.74) is 5.53. The van der Waals surface area contributed by atoms with E-state index in [1.807, 2.05) is 12.1 Å². The molecule has 0 aromatic carbocycles. The number of nitrogen functional groups attached to an aromatic ring is 1. The van der Waals surface area contributed by atoms with E-state index in [0.29, 0.717) is 16.1 Å². The Morgan fingerprint density at radius 2 is 2.15 bits per heavy atom. The quantitative estimate of drug-likeness (QED) is 0.873. The minimum Gasteiger partial charge on any atom is -0.380 e. The molecule has 0 amide bonds. The molecule has 0 radical (unpaired) electrons. The predicted molar refractivity (Wildman–Crippen MR) is 59.6 cm³/mol. The minimum atomic E-state index is 0.375. The Hall–Kier alpha value is -0.330. The molecule has 2 N–H and O–H groups in total. The maximum absolute atomic E-state index is 5.53. The predicted octanol–water partition coefficient (Wildman–Crippen LogP) is 3.51. The van der Waals surface area contributed by atoms with Crippen molar-refractivity contribution in [1.82, 2.24) is 5.16 Å². The molecule has 0 aliphatic heterocycles. The van der Waals surface area contributed by atoms with Gasteiger partial charge in [-0.15, -0.1) is 11.3 Å². The van der Waals surface area contributed by atoms with E-state index < -0.39 is 0 Å². The van der Waals surface area contributed by atoms with E-state index in [9.17, 15) is 0 Å². The first-order valence-corrected chi connectivity index (χ1v) is 5.75. The first kappa shape index (κ1) is 9.23. The Morgan fingerprint density at radius 3 is 2.62 bits per heavy atom. The first-order valence-electron chi connectivity index (χ1n) is 3.35. The van der Waals surface area contributed by atoms with E-state index in [4.69, 9.17) is 10.3 Å². The minimum absolute atomic E-state index is 0.375. The summed E-state index contributed by atoms with van der Waals surface area (Å²) >= 11 is 8.24. The summed E-state index contributed by atoms with van der Waals surface area (Å²) < 4.78 is 6.82. The maximum Gasteiger partial charge on any atom is 0.193 e. The number of aromatic nitrogens is 1. The molecule has 2 aromatic heterocycles. The molecular weight excluding hydrogens is 320 g/mol. The lowest BCUT2D eigenvalue weighted by molar-refractivity contribution is 0.436. The summed E-state index contributed by atoms with van der Waals surface area (Å²) in [6, 6.07) is 3.89. The van der Waals surface area contributed by atoms with Crippen LogP contribution in [0.2, 0.25) is 0 Å². The lowest BCUT2D eigenvalue weighted by atomic mass is 10.4. The number of halogens is 2. The molecule has 0 fully saturated rings. The van der Waals surface area contributed by atoms with Gasteiger partial charge in [0, 0.05) is 0 Å². The van der Waals surface area contributed by atoms with Gasteiger partial charge in [0.25, 0.3) is 0 Å². The highest BCUT2D eigenvalue weighted by atomic mass is 79.9. The number of nitrogens with two attached hydrogens (primary N) is 1. The van der Waals surface area contributed by atoms with Gasteiger partial charge in [-0.05, 0) is 44.0 Å². The molecule has 6 heteroatoms. The van der Waals surface area contributed by atoms with E-state index in [0.717, 1.165) is 8.66 Å². The van der Waals surface area contributed by atoms with E-state index in [1.165, 1.54) is 0 Å². The van der Waals surface area contributed by atoms with E-state index in [-0.39, 0.29) is 0 Å². The molecule has 0 saturated carbocycles. The second-order valence-electron chi connectivity index (χ2n) is 2.31. The zero-order valence-corrected chi connectivity index (χ0v) is 10.2. The lowest BCUT2D eigenvalue weighted by Gasteiger charge is -1.88. The van der Waals surface area contributed by atoms with E-state index in [1.54, 1.807) is 11.3 Å². The van der Waals surface area contributed by atoms with Crippen molar-refractivity contribution in [3.05, 3.63) is 20.4 Å². The van der Waals surface area contributed by atoms with Crippen LogP contribution in [0.1, 0.15) is 0 Å². The van der Waals surface area contributed by atoms with Gasteiger partial charge in [0.05, 0.1) is 8.66 Å². The molecule has 2 rings (SSSR count). The fourth-order valence-electron chi connectivity index (χ4n) is 0.881. The largest absolute Gasteiger partial charge is 0.380 e. The molecule has 68 valence electrons. The zero-order chi connectivity index (χ0) is 9.42. The third kappa shape index (κ3) is 1.66. The van der Waals surface area contributed by atoms with Crippen molar-refractivity contribution >= 4 is 49.0 Å². The second kappa shape index (κ2) is 3.43. The normalized spacial score (nSPS) is 10.6. The van der Waals surface area contributed by atoms with Gasteiger partial charge < -0.3 is 10.3 Å². The fraction of sp³-hybridized carbons (Fsp3) is 0. The summed E-state index contributed by atoms with van der Waals surface area (Å²) in [5, 5.41) is 3.65. The highest BCUT2D eigenvalue weighted by Crippen LogP contribution is 2.37. The molecule has 2 aromatic rings. The van der Waals surface area contributed by atoms with Crippen LogP contribution in [-0.4, -0.2) is 5.16 Å². The topological polar surface area (TPSA) is 52.0 Å². The van der Waals surface area contributed by atoms with Crippen LogP contribution in [0, 0.1) is 0 Å². The number of nitrogens with zero attached hydrogens (tertiary/aromatic N) is 1. The van der Waals surface area contributed by atoms with Crippen molar-refractivity contribution in [1.29, 1.82) is 0 Å². The average Bonchev–Trinajstić information content (AvgIpc) is 2.62. The van der Waals surface area contributed by atoms with Crippen molar-refractivity contribution in [2.75, 3.05) is 5.73 Å². The molecule has 0 unspecified atom stereocenters. The molecule has 2 heterocycles. The summed E-state index contributed by atoms with van der Waals surface area (Å²) in [6.45, 7) is 0. The molecule has 0 spiro atoms. The lowest BCUT2D eigenvalue weighted by Crippen LogP contribution is -1.82. The monoisotopic (exact) mass is 322 g/mol. The fourth-order valence-corrected chi connectivity index (χ4v) is 2.74. The van der Waals surface area contributed by atoms with Crippen LogP contribution >= 0.6 is 43.2 Å². The van der Waals surface area contributed by atoms with Crippen LogP contribution in [0.25, 0.3) is 10.6 Å². The highest BCUT2D eigenvalue weighted by molar-refractivity contribution is 9.11. The van der Waals surface area contributed by atoms with Gasteiger partial charge >= 0.3 is 0 Å². The van der Waals surface area contributed by atoms with Gasteiger partial charge in [-0.2, -0.15) is 0 Å². The van der Waals surface area contributed by atoms with Gasteiger partial charge in [-0.25, -0.2) is 0 Å². The number of rotatable bonds is 1. The second-order valence-corrected chi connectivity index (χ2v) is 5.57. The smallest absolute Gasteiger partial charge is 0.193 e. The Morgan fingerprint density at radius 1 is 1.38 bits per heavy atom. The Bertz CT molecular complexity index is 437. The van der Waals surface area contributed by atoms with Gasteiger partial charge in [-0.3, -0.25) is 0 Å². The van der Waals surface area contributed by atoms with Crippen molar-refractivity contribution in [2.45, 2.75) is 0 Å². The average molecular weight is 324 g/mol. The molecule has 0 aliphatic carbocycles. The molecule has 13 heavy (non-hydrogen) atoms. The van der Waals surface area contributed by atoms with Crippen LogP contribution in [0.3, 0.4) is 0 Å². The SMILES string of the molecule is Nc1noc(-c2ccc(Br)s2)c1Br. The molecule has 0 saturated heterocycles. The van der Waals surface area contributed by atoms with Crippen LogP contribution < -0.4 is 5.73 Å². The van der Waals surface area contributed by atoms with Gasteiger partial charge in [-0.1, -0.05) is 5.16 Å². The van der Waals surface area contributed by atoms with Crippen LogP contribution in [0.4, 0.5) is 5.82 Å². The van der Waals surface area contributed by atoms with Gasteiger partial charge in [0.15, 0.2) is 11.6 Å². The van der Waals surface area contributed by atoms with Gasteiger partial charge in [0.2, 0.25) is 0 Å². The van der Waals surface area contributed by atoms with Crippen LogP contribution in [-0.2, 0) is 0 Å². The van der Waals surface area contributed by atoms with Crippen molar-refractivity contribution in [3.63, 3.8) is 0 Å². The van der Waals surface area contributed by atoms with E-state index in [2.05, 4.69) is 37.0 Å². The molecule has 0 atom stereocenters. The Balaban J connectivity index is 2.52. The van der Waals surface area contributed by atoms with Gasteiger partial charge in [0.1, 0.15) is 4.47 Å². The first-order chi connectivity index (χ1) is 6.18. The Labute approximate surface area is 95.2 Å². The zero-order valence-electron chi connectivity index (χ0n) is 6.25. The highest BCUT2D eigenvalue weighted by Gasteiger charge is 2.14. The third-order valence-electron chi connectivity index (χ3n) is 1.46. The summed E-state index contributed by atoms with van der Waals surface area (Å²) in [5.74, 6) is 1.05. The Kier molecular flexibility index (Phi) is 2.44. The summed E-state index contributed by atoms with van der Waals surface area (Å²) in [7, 11) is 0. The van der Waals surface area contributed by atoms with Crippen molar-refractivity contribution in [2.24, 2.45) is 0 Å². The standard InChI is InChI=1S/C7H4Br2N2OS/c8-4-2-1-3(13-4)6-5(9)7(10)11-12-6/h1-2H,(H2,10,11). The summed E-state index contributed by atoms with van der Waals surface area (Å²) in [6.07, 6.45) is 0. The summed E-state index contributed by atoms with van der Waals surface area (Å²) in [4.78, 5) is 0.989. The molecule has 3 nitrogen and oxygen atoms in total. The maximum atomic E-state index is 5.53.